The smallest absolute Gasteiger partial charge is 0.167 e. The molecule has 20 heavy (non-hydrogen) atoms. The lowest BCUT2D eigenvalue weighted by Crippen LogP contribution is -2.39. The van der Waals surface area contributed by atoms with E-state index in [0.717, 1.165) is 50.6 Å². The van der Waals surface area contributed by atoms with E-state index in [1.54, 1.807) is 0 Å². The third-order valence-corrected chi connectivity index (χ3v) is 3.56. The number of hydrogen-bond acceptors (Lipinski definition) is 4. The fourth-order valence-corrected chi connectivity index (χ4v) is 2.34. The molecule has 1 aromatic carbocycles. The van der Waals surface area contributed by atoms with E-state index in [2.05, 4.69) is 10.2 Å². The van der Waals surface area contributed by atoms with Crippen molar-refractivity contribution in [1.29, 1.82) is 0 Å². The highest BCUT2D eigenvalue weighted by Gasteiger charge is 2.14. The third kappa shape index (κ3) is 4.05. The van der Waals surface area contributed by atoms with Gasteiger partial charge in [-0.25, -0.2) is 0 Å². The molecule has 0 aliphatic carbocycles. The van der Waals surface area contributed by atoms with Crippen LogP contribution < -0.4 is 5.32 Å². The number of carbonyl (C=O) groups excluding carboxylic acids is 1. The molecule has 1 aliphatic rings. The summed E-state index contributed by atoms with van der Waals surface area (Å²) < 4.78 is 5.33. The molecular weight excluding hydrogens is 252 g/mol. The van der Waals surface area contributed by atoms with Gasteiger partial charge >= 0.3 is 0 Å². The second kappa shape index (κ2) is 7.41. The molecular formula is C16H24N2O2. The molecule has 1 saturated heterocycles. The van der Waals surface area contributed by atoms with Gasteiger partial charge in [0.25, 0.3) is 0 Å². The number of ether oxygens (including phenoxy) is 1. The number of benzene rings is 1. The zero-order valence-corrected chi connectivity index (χ0v) is 12.4. The Bertz CT molecular complexity index is 440. The molecule has 0 saturated carbocycles. The maximum Gasteiger partial charge on any atom is 0.167 e. The van der Waals surface area contributed by atoms with Crippen molar-refractivity contribution in [2.24, 2.45) is 5.92 Å². The second-order valence-electron chi connectivity index (χ2n) is 5.45. The van der Waals surface area contributed by atoms with Crippen molar-refractivity contribution in [2.45, 2.75) is 13.8 Å². The van der Waals surface area contributed by atoms with Crippen molar-refractivity contribution in [1.82, 2.24) is 4.90 Å². The van der Waals surface area contributed by atoms with Crippen LogP contribution in [0.15, 0.2) is 24.3 Å². The molecule has 0 spiro atoms. The van der Waals surface area contributed by atoms with Crippen LogP contribution in [-0.4, -0.2) is 50.1 Å². The van der Waals surface area contributed by atoms with Gasteiger partial charge in [-0.2, -0.15) is 0 Å². The van der Waals surface area contributed by atoms with Crippen LogP contribution in [0.2, 0.25) is 0 Å². The van der Waals surface area contributed by atoms with Crippen molar-refractivity contribution in [2.75, 3.05) is 44.7 Å². The molecule has 1 aliphatic heterocycles. The van der Waals surface area contributed by atoms with Crippen LogP contribution in [0.5, 0.6) is 0 Å². The zero-order valence-electron chi connectivity index (χ0n) is 12.4. The molecule has 0 aromatic heterocycles. The summed E-state index contributed by atoms with van der Waals surface area (Å²) in [5.41, 5.74) is 1.74. The molecule has 0 unspecified atom stereocenters. The summed E-state index contributed by atoms with van der Waals surface area (Å²) in [6.45, 7) is 9.34. The Kier molecular flexibility index (Phi) is 5.56. The van der Waals surface area contributed by atoms with E-state index in [4.69, 9.17) is 4.74 Å². The lowest BCUT2D eigenvalue weighted by Gasteiger charge is -2.26. The number of Topliss-reactive ketones (excluding diaryl/α,β-unsaturated/α-hetero) is 1. The van der Waals surface area contributed by atoms with Gasteiger partial charge in [0.05, 0.1) is 13.2 Å². The number of carbonyl (C=O) groups is 1. The van der Waals surface area contributed by atoms with Gasteiger partial charge in [0.15, 0.2) is 5.78 Å². The molecule has 1 heterocycles. The fourth-order valence-electron chi connectivity index (χ4n) is 2.34. The first-order valence-electron chi connectivity index (χ1n) is 7.35. The van der Waals surface area contributed by atoms with Gasteiger partial charge in [0.2, 0.25) is 0 Å². The zero-order chi connectivity index (χ0) is 14.4. The monoisotopic (exact) mass is 276 g/mol. The highest BCUT2D eigenvalue weighted by molar-refractivity contribution is 6.02. The first kappa shape index (κ1) is 15.0. The van der Waals surface area contributed by atoms with Crippen molar-refractivity contribution >= 4 is 11.5 Å². The van der Waals surface area contributed by atoms with E-state index < -0.39 is 0 Å². The highest BCUT2D eigenvalue weighted by Crippen LogP contribution is 2.18. The molecule has 1 N–H and O–H groups in total. The minimum Gasteiger partial charge on any atom is -0.383 e. The Hall–Kier alpha value is -1.39. The molecule has 0 bridgehead atoms. The SMILES string of the molecule is CC(C)C(=O)c1ccccc1NCCN1CCOCC1. The van der Waals surface area contributed by atoms with Gasteiger partial charge in [-0.05, 0) is 12.1 Å². The first-order chi connectivity index (χ1) is 9.68. The number of morpholine rings is 1. The molecule has 110 valence electrons. The standard InChI is InChI=1S/C16H24N2O2/c1-13(2)16(19)14-5-3-4-6-15(14)17-7-8-18-9-11-20-12-10-18/h3-6,13,17H,7-12H2,1-2H3. The molecule has 1 aromatic rings. The normalized spacial score (nSPS) is 16.4. The van der Waals surface area contributed by atoms with E-state index in [1.807, 2.05) is 38.1 Å². The predicted molar refractivity (Wildman–Crippen MR) is 81.4 cm³/mol. The number of nitrogens with zero attached hydrogens (tertiary/aromatic N) is 1. The highest BCUT2D eigenvalue weighted by atomic mass is 16.5. The fraction of sp³-hybridized carbons (Fsp3) is 0.562. The van der Waals surface area contributed by atoms with Crippen molar-refractivity contribution in [3.63, 3.8) is 0 Å². The summed E-state index contributed by atoms with van der Waals surface area (Å²) in [6, 6.07) is 7.77. The Morgan fingerprint density at radius 2 is 2.00 bits per heavy atom. The summed E-state index contributed by atoms with van der Waals surface area (Å²) in [5, 5.41) is 3.39. The number of ketones is 1. The molecule has 4 heteroatoms. The van der Waals surface area contributed by atoms with E-state index in [9.17, 15) is 4.79 Å². The van der Waals surface area contributed by atoms with Gasteiger partial charge < -0.3 is 10.1 Å². The Morgan fingerprint density at radius 1 is 1.30 bits per heavy atom. The van der Waals surface area contributed by atoms with Crippen LogP contribution in [-0.2, 0) is 4.74 Å². The molecule has 0 atom stereocenters. The van der Waals surface area contributed by atoms with Crippen LogP contribution in [0.1, 0.15) is 24.2 Å². The minimum atomic E-state index is 0.0252. The van der Waals surface area contributed by atoms with Gasteiger partial charge in [-0.15, -0.1) is 0 Å². The number of anilines is 1. The van der Waals surface area contributed by atoms with Crippen LogP contribution in [0.3, 0.4) is 0 Å². The molecule has 1 fully saturated rings. The quantitative estimate of drug-likeness (QED) is 0.809. The average Bonchev–Trinajstić information content (AvgIpc) is 2.48. The number of hydrogen-bond donors (Lipinski definition) is 1. The Labute approximate surface area is 121 Å². The van der Waals surface area contributed by atoms with Gasteiger partial charge in [-0.1, -0.05) is 26.0 Å². The molecule has 2 rings (SSSR count). The lowest BCUT2D eigenvalue weighted by molar-refractivity contribution is 0.0398. The van der Waals surface area contributed by atoms with Gasteiger partial charge in [0.1, 0.15) is 0 Å². The summed E-state index contributed by atoms with van der Waals surface area (Å²) in [6.07, 6.45) is 0. The van der Waals surface area contributed by atoms with Crippen LogP contribution in [0.25, 0.3) is 0 Å². The minimum absolute atomic E-state index is 0.0252. The van der Waals surface area contributed by atoms with Crippen molar-refractivity contribution < 1.29 is 9.53 Å². The maximum atomic E-state index is 12.2. The second-order valence-corrected chi connectivity index (χ2v) is 5.45. The largest absolute Gasteiger partial charge is 0.383 e. The van der Waals surface area contributed by atoms with Crippen LogP contribution in [0.4, 0.5) is 5.69 Å². The molecule has 0 radical (unpaired) electrons. The summed E-state index contributed by atoms with van der Waals surface area (Å²) in [4.78, 5) is 14.5. The first-order valence-corrected chi connectivity index (χ1v) is 7.35. The van der Waals surface area contributed by atoms with Crippen molar-refractivity contribution in [3.8, 4) is 0 Å². The Morgan fingerprint density at radius 3 is 2.70 bits per heavy atom. The summed E-state index contributed by atoms with van der Waals surface area (Å²) in [7, 11) is 0. The Balaban J connectivity index is 1.90. The number of nitrogens with one attached hydrogen (secondary N) is 1. The number of rotatable bonds is 6. The average molecular weight is 276 g/mol. The molecule has 0 amide bonds. The van der Waals surface area contributed by atoms with E-state index in [0.29, 0.717) is 0 Å². The van der Waals surface area contributed by atoms with E-state index in [-0.39, 0.29) is 11.7 Å². The summed E-state index contributed by atoms with van der Waals surface area (Å²) in [5.74, 6) is 0.219. The summed E-state index contributed by atoms with van der Waals surface area (Å²) >= 11 is 0. The van der Waals surface area contributed by atoms with Crippen LogP contribution in [0, 0.1) is 5.92 Å². The maximum absolute atomic E-state index is 12.2. The van der Waals surface area contributed by atoms with Gasteiger partial charge in [0, 0.05) is 43.3 Å². The van der Waals surface area contributed by atoms with Crippen molar-refractivity contribution in [3.05, 3.63) is 29.8 Å². The third-order valence-electron chi connectivity index (χ3n) is 3.56. The topological polar surface area (TPSA) is 41.6 Å². The predicted octanol–water partition coefficient (Wildman–Crippen LogP) is 2.27. The molecule has 4 nitrogen and oxygen atoms in total. The van der Waals surface area contributed by atoms with E-state index >= 15 is 0 Å². The van der Waals surface area contributed by atoms with Crippen LogP contribution >= 0.6 is 0 Å². The number of para-hydroxylation sites is 1. The lowest BCUT2D eigenvalue weighted by atomic mass is 9.99. The van der Waals surface area contributed by atoms with E-state index in [1.165, 1.54) is 0 Å². The van der Waals surface area contributed by atoms with Gasteiger partial charge in [-0.3, -0.25) is 9.69 Å².